The monoisotopic (exact) mass is 594 g/mol. The Balaban J connectivity index is 1.58. The van der Waals surface area contributed by atoms with E-state index in [4.69, 9.17) is 23.2 Å². The molecule has 200 valence electrons. The topological polar surface area (TPSA) is 128 Å². The van der Waals surface area contributed by atoms with E-state index in [1.54, 1.807) is 44.4 Å². The van der Waals surface area contributed by atoms with Crippen molar-refractivity contribution in [2.24, 2.45) is 0 Å². The van der Waals surface area contributed by atoms with Crippen molar-refractivity contribution in [2.75, 3.05) is 18.8 Å². The normalized spacial score (nSPS) is 12.8. The zero-order valence-corrected chi connectivity index (χ0v) is 23.4. The lowest BCUT2D eigenvalue weighted by atomic mass is 10.0. The van der Waals surface area contributed by atoms with Crippen molar-refractivity contribution in [1.82, 2.24) is 14.6 Å². The first-order valence-electron chi connectivity index (χ1n) is 11.2. The fraction of sp³-hybridized carbons (Fsp3) is 0.160. The van der Waals surface area contributed by atoms with Gasteiger partial charge in [-0.3, -0.25) is 9.52 Å². The highest BCUT2D eigenvalue weighted by molar-refractivity contribution is 7.92. The van der Waals surface area contributed by atoms with E-state index in [-0.39, 0.29) is 27.8 Å². The summed E-state index contributed by atoms with van der Waals surface area (Å²) in [4.78, 5) is 16.3. The zero-order valence-electron chi connectivity index (χ0n) is 20.3. The van der Waals surface area contributed by atoms with Crippen LogP contribution in [0.3, 0.4) is 0 Å². The first kappa shape index (κ1) is 27.9. The van der Waals surface area contributed by atoms with Crippen LogP contribution in [0, 0.1) is 0 Å². The maximum atomic E-state index is 13.2. The number of H-pyrrole nitrogens is 1. The van der Waals surface area contributed by atoms with Crippen LogP contribution < -0.4 is 9.44 Å². The number of halogens is 2. The number of aromatic nitrogens is 1. The fourth-order valence-electron chi connectivity index (χ4n) is 3.78. The molecule has 1 amide bonds. The number of rotatable bonds is 9. The molecule has 4 rings (SSSR count). The summed E-state index contributed by atoms with van der Waals surface area (Å²) in [6.45, 7) is 0. The number of fused-ring (bicyclic) bond motifs is 1. The van der Waals surface area contributed by atoms with E-state index in [0.717, 1.165) is 0 Å². The van der Waals surface area contributed by atoms with Gasteiger partial charge in [-0.2, -0.15) is 0 Å². The van der Waals surface area contributed by atoms with Crippen molar-refractivity contribution in [3.8, 4) is 0 Å². The maximum Gasteiger partial charge on any atom is 0.261 e. The third kappa shape index (κ3) is 5.97. The van der Waals surface area contributed by atoms with Crippen LogP contribution in [-0.2, 0) is 24.8 Å². The number of anilines is 1. The molecule has 0 aliphatic heterocycles. The van der Waals surface area contributed by atoms with Gasteiger partial charge in [-0.05, 0) is 42.0 Å². The number of hydrogen-bond donors (Lipinski definition) is 3. The van der Waals surface area contributed by atoms with Gasteiger partial charge in [0.05, 0.1) is 37.1 Å². The van der Waals surface area contributed by atoms with Crippen molar-refractivity contribution < 1.29 is 21.6 Å². The van der Waals surface area contributed by atoms with Gasteiger partial charge >= 0.3 is 0 Å². The first-order valence-corrected chi connectivity index (χ1v) is 15.0. The number of aromatic amines is 1. The Bertz CT molecular complexity index is 1690. The maximum absolute atomic E-state index is 13.2. The van der Waals surface area contributed by atoms with Crippen molar-refractivity contribution in [3.63, 3.8) is 0 Å². The molecule has 0 saturated heterocycles. The molecule has 38 heavy (non-hydrogen) atoms. The lowest BCUT2D eigenvalue weighted by Gasteiger charge is -2.21. The number of amides is 1. The molecule has 0 spiro atoms. The molecule has 0 bridgehead atoms. The Hall–Kier alpha value is -3.09. The number of carbonyl (C=O) groups excluding carboxylic acids is 1. The van der Waals surface area contributed by atoms with Crippen LogP contribution in [0.25, 0.3) is 10.9 Å². The van der Waals surface area contributed by atoms with Crippen LogP contribution in [-0.4, -0.2) is 46.7 Å². The number of nitrogens with one attached hydrogen (secondary N) is 3. The second-order valence-corrected chi connectivity index (χ2v) is 12.8. The summed E-state index contributed by atoms with van der Waals surface area (Å²) in [7, 11) is -5.01. The highest BCUT2D eigenvalue weighted by Gasteiger charge is 2.25. The lowest BCUT2D eigenvalue weighted by Crippen LogP contribution is -2.33. The van der Waals surface area contributed by atoms with Gasteiger partial charge in [0.2, 0.25) is 15.9 Å². The van der Waals surface area contributed by atoms with Gasteiger partial charge in [0.25, 0.3) is 10.0 Å². The molecule has 1 heterocycles. The highest BCUT2D eigenvalue weighted by Crippen LogP contribution is 2.35. The van der Waals surface area contributed by atoms with Crippen molar-refractivity contribution >= 4 is 65.7 Å². The van der Waals surface area contributed by atoms with Crippen LogP contribution >= 0.6 is 23.2 Å². The average molecular weight is 596 g/mol. The van der Waals surface area contributed by atoms with Crippen LogP contribution in [0.2, 0.25) is 10.0 Å². The Kier molecular flexibility index (Phi) is 8.05. The summed E-state index contributed by atoms with van der Waals surface area (Å²) >= 11 is 12.3. The standard InChI is InChI=1S/C25H24Cl2N4O5S2/c1-31(2)23(32)14-22(16-6-4-3-5-7-16)30-38(35,36)18-10-8-17(9-11-18)37(33,34)29-21-13-12-19(26)24-20(27)15-28-25(21)24/h3-13,15,22,28-30H,14H2,1-2H3. The molecule has 13 heteroatoms. The Labute approximate surface area is 230 Å². The van der Waals surface area contributed by atoms with E-state index in [0.29, 0.717) is 26.5 Å². The van der Waals surface area contributed by atoms with E-state index < -0.39 is 26.1 Å². The smallest absolute Gasteiger partial charge is 0.261 e. The molecule has 9 nitrogen and oxygen atoms in total. The molecule has 4 aromatic rings. The van der Waals surface area contributed by atoms with Crippen LogP contribution in [0.1, 0.15) is 18.0 Å². The SMILES string of the molecule is CN(C)C(=O)CC(NS(=O)(=O)c1ccc(S(=O)(=O)Nc2ccc(Cl)c3c(Cl)c[nH]c23)cc1)c1ccccc1. The Morgan fingerprint density at radius 3 is 2.08 bits per heavy atom. The third-order valence-corrected chi connectivity index (χ3v) is 9.28. The van der Waals surface area contributed by atoms with Crippen LogP contribution in [0.15, 0.2) is 82.7 Å². The zero-order chi connectivity index (χ0) is 27.7. The van der Waals surface area contributed by atoms with Crippen molar-refractivity contribution in [1.29, 1.82) is 0 Å². The summed E-state index contributed by atoms with van der Waals surface area (Å²) < 4.78 is 57.5. The van der Waals surface area contributed by atoms with Gasteiger partial charge in [-0.25, -0.2) is 21.6 Å². The lowest BCUT2D eigenvalue weighted by molar-refractivity contribution is -0.129. The second-order valence-electron chi connectivity index (χ2n) is 8.64. The molecule has 1 aromatic heterocycles. The van der Waals surface area contributed by atoms with Crippen LogP contribution in [0.4, 0.5) is 5.69 Å². The number of nitrogens with zero attached hydrogens (tertiary/aromatic N) is 1. The van der Waals surface area contributed by atoms with E-state index >= 15 is 0 Å². The number of hydrogen-bond acceptors (Lipinski definition) is 5. The van der Waals surface area contributed by atoms with Gasteiger partial charge in [-0.15, -0.1) is 0 Å². The molecule has 1 atom stereocenters. The van der Waals surface area contributed by atoms with Gasteiger partial charge in [0, 0.05) is 32.1 Å². The summed E-state index contributed by atoms with van der Waals surface area (Å²) in [5.41, 5.74) is 1.26. The van der Waals surface area contributed by atoms with Gasteiger partial charge in [-0.1, -0.05) is 53.5 Å². The largest absolute Gasteiger partial charge is 0.358 e. The third-order valence-electron chi connectivity index (χ3n) is 5.80. The minimum atomic E-state index is -4.10. The van der Waals surface area contributed by atoms with E-state index in [1.165, 1.54) is 47.5 Å². The number of sulfonamides is 2. The van der Waals surface area contributed by atoms with E-state index in [9.17, 15) is 21.6 Å². The summed E-state index contributed by atoms with van der Waals surface area (Å²) in [6.07, 6.45) is 1.41. The van der Waals surface area contributed by atoms with Gasteiger partial charge in [0.15, 0.2) is 0 Å². The number of carbonyl (C=O) groups is 1. The summed E-state index contributed by atoms with van der Waals surface area (Å²) in [5, 5.41) is 1.17. The molecule has 0 fully saturated rings. The first-order chi connectivity index (χ1) is 17.9. The number of benzene rings is 3. The average Bonchev–Trinajstić information content (AvgIpc) is 3.28. The van der Waals surface area contributed by atoms with E-state index in [1.807, 2.05) is 0 Å². The predicted molar refractivity (Wildman–Crippen MR) is 148 cm³/mol. The minimum absolute atomic E-state index is 0.0923. The molecule has 3 N–H and O–H groups in total. The fourth-order valence-corrected chi connectivity index (χ4v) is 6.64. The summed E-state index contributed by atoms with van der Waals surface area (Å²) in [5.74, 6) is -0.256. The molecular weight excluding hydrogens is 571 g/mol. The highest BCUT2D eigenvalue weighted by atomic mass is 35.5. The Morgan fingerprint density at radius 2 is 1.47 bits per heavy atom. The van der Waals surface area contributed by atoms with E-state index in [2.05, 4.69) is 14.4 Å². The molecule has 0 aliphatic rings. The summed E-state index contributed by atoms with van der Waals surface area (Å²) in [6, 6.07) is 15.7. The van der Waals surface area contributed by atoms with Crippen molar-refractivity contribution in [3.05, 3.63) is 88.5 Å². The Morgan fingerprint density at radius 1 is 0.868 bits per heavy atom. The predicted octanol–water partition coefficient (Wildman–Crippen LogP) is 4.77. The quantitative estimate of drug-likeness (QED) is 0.257. The molecular formula is C25H24Cl2N4O5S2. The van der Waals surface area contributed by atoms with Gasteiger partial charge < -0.3 is 9.88 Å². The van der Waals surface area contributed by atoms with Gasteiger partial charge in [0.1, 0.15) is 0 Å². The molecule has 1 unspecified atom stereocenters. The van der Waals surface area contributed by atoms with Crippen LogP contribution in [0.5, 0.6) is 0 Å². The molecule has 0 saturated carbocycles. The molecule has 0 radical (unpaired) electrons. The minimum Gasteiger partial charge on any atom is -0.358 e. The second kappa shape index (κ2) is 11.0. The van der Waals surface area contributed by atoms with Crippen molar-refractivity contribution in [2.45, 2.75) is 22.3 Å². The molecule has 0 aliphatic carbocycles. The molecule has 3 aromatic carbocycles.